The van der Waals surface area contributed by atoms with Crippen LogP contribution >= 0.6 is 11.6 Å². The SMILES string of the molecule is C[C@H](c1ccc(N2CCC2)nc1)n1cc(C(=O)N[C@H]2C[C@@H](c3cc(Cl)ccc3C#N)C2)nn1. The van der Waals surface area contributed by atoms with Crippen molar-refractivity contribution in [1.82, 2.24) is 25.3 Å². The molecule has 0 spiro atoms. The summed E-state index contributed by atoms with van der Waals surface area (Å²) in [5, 5.41) is 21.2. The molecule has 9 heteroatoms. The topological polar surface area (TPSA) is 99.7 Å². The van der Waals surface area contributed by atoms with Gasteiger partial charge in [0, 0.05) is 30.4 Å². The molecular formula is C24H24ClN7O. The van der Waals surface area contributed by atoms with Gasteiger partial charge in [0.05, 0.1) is 23.9 Å². The summed E-state index contributed by atoms with van der Waals surface area (Å²) < 4.78 is 1.68. The fraction of sp³-hybridized carbons (Fsp3) is 0.375. The van der Waals surface area contributed by atoms with Crippen molar-refractivity contribution in [3.05, 3.63) is 70.1 Å². The molecule has 168 valence electrons. The van der Waals surface area contributed by atoms with Gasteiger partial charge in [0.25, 0.3) is 5.91 Å². The first-order valence-corrected chi connectivity index (χ1v) is 11.5. The molecule has 0 radical (unpaired) electrons. The zero-order valence-electron chi connectivity index (χ0n) is 18.3. The van der Waals surface area contributed by atoms with Crippen molar-refractivity contribution in [2.75, 3.05) is 18.0 Å². The first-order chi connectivity index (χ1) is 16.0. The quantitative estimate of drug-likeness (QED) is 0.600. The van der Waals surface area contributed by atoms with E-state index in [1.807, 2.05) is 31.3 Å². The molecule has 0 unspecified atom stereocenters. The Hall–Kier alpha value is -3.44. The number of anilines is 1. The number of hydrogen-bond donors (Lipinski definition) is 1. The Morgan fingerprint density at radius 3 is 2.76 bits per heavy atom. The fourth-order valence-electron chi connectivity index (χ4n) is 4.32. The second-order valence-corrected chi connectivity index (χ2v) is 9.17. The third-order valence-electron chi connectivity index (χ3n) is 6.62. The van der Waals surface area contributed by atoms with Crippen LogP contribution < -0.4 is 10.2 Å². The normalized spacial score (nSPS) is 20.3. The number of carbonyl (C=O) groups excluding carboxylic acids is 1. The molecule has 33 heavy (non-hydrogen) atoms. The summed E-state index contributed by atoms with van der Waals surface area (Å²) in [5.41, 5.74) is 2.88. The number of nitriles is 1. The zero-order valence-corrected chi connectivity index (χ0v) is 19.0. The number of benzene rings is 1. The maximum Gasteiger partial charge on any atom is 0.273 e. The van der Waals surface area contributed by atoms with Crippen LogP contribution in [0.25, 0.3) is 0 Å². The molecule has 3 heterocycles. The van der Waals surface area contributed by atoms with Crippen molar-refractivity contribution < 1.29 is 4.79 Å². The van der Waals surface area contributed by atoms with E-state index >= 15 is 0 Å². The molecule has 2 fully saturated rings. The molecule has 1 saturated carbocycles. The molecule has 1 aliphatic heterocycles. The lowest BCUT2D eigenvalue weighted by Gasteiger charge is -2.36. The van der Waals surface area contributed by atoms with Crippen molar-refractivity contribution in [3.8, 4) is 6.07 Å². The van der Waals surface area contributed by atoms with Crippen molar-refractivity contribution in [2.24, 2.45) is 0 Å². The highest BCUT2D eigenvalue weighted by Gasteiger charge is 2.33. The van der Waals surface area contributed by atoms with Gasteiger partial charge in [0.15, 0.2) is 5.69 Å². The molecule has 3 aromatic rings. The van der Waals surface area contributed by atoms with Crippen LogP contribution in [0.4, 0.5) is 5.82 Å². The molecule has 8 nitrogen and oxygen atoms in total. The molecule has 1 aromatic carbocycles. The Bertz CT molecular complexity index is 1210. The van der Waals surface area contributed by atoms with Crippen LogP contribution in [0, 0.1) is 11.3 Å². The molecule has 5 rings (SSSR count). The molecule has 1 amide bonds. The minimum atomic E-state index is -0.241. The summed E-state index contributed by atoms with van der Waals surface area (Å²) in [6.45, 7) is 4.12. The predicted octanol–water partition coefficient (Wildman–Crippen LogP) is 3.69. The Labute approximate surface area is 197 Å². The smallest absolute Gasteiger partial charge is 0.273 e. The van der Waals surface area contributed by atoms with Crippen molar-refractivity contribution in [1.29, 1.82) is 5.26 Å². The lowest BCUT2D eigenvalue weighted by molar-refractivity contribution is 0.0903. The lowest BCUT2D eigenvalue weighted by Crippen LogP contribution is -2.43. The highest BCUT2D eigenvalue weighted by atomic mass is 35.5. The molecule has 1 saturated heterocycles. The number of nitrogens with zero attached hydrogens (tertiary/aromatic N) is 6. The van der Waals surface area contributed by atoms with E-state index in [1.54, 1.807) is 23.0 Å². The molecule has 1 N–H and O–H groups in total. The number of rotatable bonds is 6. The molecule has 2 aromatic heterocycles. The van der Waals surface area contributed by atoms with Gasteiger partial charge in [0.2, 0.25) is 0 Å². The first-order valence-electron chi connectivity index (χ1n) is 11.1. The summed E-state index contributed by atoms with van der Waals surface area (Å²) in [4.78, 5) is 19.5. The minimum Gasteiger partial charge on any atom is -0.356 e. The fourth-order valence-corrected chi connectivity index (χ4v) is 4.50. The first kappa shape index (κ1) is 21.4. The van der Waals surface area contributed by atoms with Crippen LogP contribution in [0.2, 0.25) is 5.02 Å². The summed E-state index contributed by atoms with van der Waals surface area (Å²) in [6, 6.07) is 11.6. The number of halogens is 1. The van der Waals surface area contributed by atoms with Gasteiger partial charge in [0.1, 0.15) is 5.82 Å². The standard InChI is InChI=1S/C24H24ClN7O/c1-15(17-4-6-23(27-13-17)31-7-2-8-31)32-14-22(29-30-32)24(33)28-20-9-18(10-20)21-11-19(25)5-3-16(21)12-26/h3-6,11,13-15,18,20H,2,7-10H2,1H3,(H,28,33)/t15-,18-,20+/m1/s1. The highest BCUT2D eigenvalue weighted by Crippen LogP contribution is 2.39. The number of pyridine rings is 1. The summed E-state index contributed by atoms with van der Waals surface area (Å²) >= 11 is 6.10. The van der Waals surface area contributed by atoms with E-state index in [0.717, 1.165) is 42.9 Å². The molecule has 1 aliphatic carbocycles. The number of amides is 1. The van der Waals surface area contributed by atoms with Gasteiger partial charge in [-0.3, -0.25) is 4.79 Å². The van der Waals surface area contributed by atoms with Gasteiger partial charge < -0.3 is 10.2 Å². The number of nitrogens with one attached hydrogen (secondary N) is 1. The Balaban J connectivity index is 1.18. The molecular weight excluding hydrogens is 438 g/mol. The second kappa shape index (κ2) is 8.83. The predicted molar refractivity (Wildman–Crippen MR) is 124 cm³/mol. The van der Waals surface area contributed by atoms with Crippen LogP contribution in [-0.4, -0.2) is 45.0 Å². The molecule has 0 bridgehead atoms. The van der Waals surface area contributed by atoms with Crippen LogP contribution in [0.15, 0.2) is 42.7 Å². The van der Waals surface area contributed by atoms with Crippen molar-refractivity contribution >= 4 is 23.3 Å². The van der Waals surface area contributed by atoms with Crippen LogP contribution in [-0.2, 0) is 0 Å². The van der Waals surface area contributed by atoms with E-state index < -0.39 is 0 Å². The monoisotopic (exact) mass is 461 g/mol. The number of carbonyl (C=O) groups is 1. The van der Waals surface area contributed by atoms with Gasteiger partial charge in [-0.05, 0) is 67.5 Å². The van der Waals surface area contributed by atoms with Gasteiger partial charge >= 0.3 is 0 Å². The van der Waals surface area contributed by atoms with E-state index in [2.05, 4.69) is 31.6 Å². The third-order valence-corrected chi connectivity index (χ3v) is 6.86. The third kappa shape index (κ3) is 4.29. The highest BCUT2D eigenvalue weighted by molar-refractivity contribution is 6.30. The number of hydrogen-bond acceptors (Lipinski definition) is 6. The molecule has 2 aliphatic rings. The van der Waals surface area contributed by atoms with Crippen LogP contribution in [0.3, 0.4) is 0 Å². The van der Waals surface area contributed by atoms with E-state index in [0.29, 0.717) is 10.6 Å². The van der Waals surface area contributed by atoms with Gasteiger partial charge in [-0.2, -0.15) is 5.26 Å². The second-order valence-electron chi connectivity index (χ2n) is 8.73. The van der Waals surface area contributed by atoms with Crippen molar-refractivity contribution in [3.63, 3.8) is 0 Å². The average molecular weight is 462 g/mol. The Morgan fingerprint density at radius 1 is 1.27 bits per heavy atom. The van der Waals surface area contributed by atoms with E-state index in [-0.39, 0.29) is 29.6 Å². The van der Waals surface area contributed by atoms with Crippen LogP contribution in [0.1, 0.15) is 65.3 Å². The average Bonchev–Trinajstić information content (AvgIpc) is 3.25. The van der Waals surface area contributed by atoms with E-state index in [4.69, 9.17) is 11.6 Å². The largest absolute Gasteiger partial charge is 0.356 e. The van der Waals surface area contributed by atoms with E-state index in [1.165, 1.54) is 6.42 Å². The van der Waals surface area contributed by atoms with Gasteiger partial charge in [-0.1, -0.05) is 22.9 Å². The number of aromatic nitrogens is 4. The Morgan fingerprint density at radius 2 is 2.09 bits per heavy atom. The summed E-state index contributed by atoms with van der Waals surface area (Å²) in [7, 11) is 0. The van der Waals surface area contributed by atoms with E-state index in [9.17, 15) is 10.1 Å². The minimum absolute atomic E-state index is 0.0360. The lowest BCUT2D eigenvalue weighted by atomic mass is 9.74. The van der Waals surface area contributed by atoms with Crippen molar-refractivity contribution in [2.45, 2.75) is 44.2 Å². The maximum atomic E-state index is 12.7. The van der Waals surface area contributed by atoms with Crippen LogP contribution in [0.5, 0.6) is 0 Å². The zero-order chi connectivity index (χ0) is 22.9. The van der Waals surface area contributed by atoms with Gasteiger partial charge in [-0.15, -0.1) is 5.10 Å². The summed E-state index contributed by atoms with van der Waals surface area (Å²) in [5.74, 6) is 0.968. The Kier molecular flexibility index (Phi) is 5.73. The summed E-state index contributed by atoms with van der Waals surface area (Å²) in [6.07, 6.45) is 6.27. The molecule has 1 atom stereocenters. The maximum absolute atomic E-state index is 12.7. The van der Waals surface area contributed by atoms with Gasteiger partial charge in [-0.25, -0.2) is 9.67 Å².